The number of amides is 2. The number of nitrogens with zero attached hydrogens (tertiary/aromatic N) is 1. The molecule has 1 N–H and O–H groups in total. The van der Waals surface area contributed by atoms with Crippen LogP contribution >= 0.6 is 11.6 Å². The minimum absolute atomic E-state index is 0.0367. The lowest BCUT2D eigenvalue weighted by Gasteiger charge is -2.31. The predicted octanol–water partition coefficient (Wildman–Crippen LogP) is 1.92. The number of methoxy groups -OCH3 is 1. The molecule has 2 rings (SSSR count). The van der Waals surface area contributed by atoms with Crippen LogP contribution in [0.1, 0.15) is 13.3 Å². The number of hydrogen-bond donors (Lipinski definition) is 1. The first-order valence-electron chi connectivity index (χ1n) is 7.09. The van der Waals surface area contributed by atoms with E-state index in [1.807, 2.05) is 6.92 Å². The van der Waals surface area contributed by atoms with Gasteiger partial charge in [0, 0.05) is 18.1 Å². The Morgan fingerprint density at radius 3 is 3.00 bits per heavy atom. The number of anilines is 1. The van der Waals surface area contributed by atoms with Crippen LogP contribution in [0, 0.1) is 0 Å². The number of morpholine rings is 1. The number of hydrogen-bond acceptors (Lipinski definition) is 4. The molecular weight excluding hydrogens is 308 g/mol. The van der Waals surface area contributed by atoms with Gasteiger partial charge >= 0.3 is 0 Å². The zero-order chi connectivity index (χ0) is 16.1. The maximum atomic E-state index is 12.1. The van der Waals surface area contributed by atoms with Crippen LogP contribution < -0.4 is 10.1 Å². The topological polar surface area (TPSA) is 67.9 Å². The van der Waals surface area contributed by atoms with E-state index in [2.05, 4.69) is 5.32 Å². The van der Waals surface area contributed by atoms with Crippen molar-refractivity contribution in [2.45, 2.75) is 19.4 Å². The fourth-order valence-corrected chi connectivity index (χ4v) is 2.47. The second-order valence-corrected chi connectivity index (χ2v) is 5.31. The number of benzene rings is 1. The molecule has 0 aromatic heterocycles. The van der Waals surface area contributed by atoms with Crippen LogP contribution in [0.4, 0.5) is 5.69 Å². The van der Waals surface area contributed by atoms with Gasteiger partial charge in [-0.2, -0.15) is 0 Å². The normalized spacial score (nSPS) is 18.2. The first-order valence-corrected chi connectivity index (χ1v) is 7.46. The first-order chi connectivity index (χ1) is 10.5. The number of ether oxygens (including phenoxy) is 2. The van der Waals surface area contributed by atoms with Gasteiger partial charge < -0.3 is 19.7 Å². The molecule has 0 bridgehead atoms. The minimum Gasteiger partial charge on any atom is -0.495 e. The van der Waals surface area contributed by atoms with Crippen molar-refractivity contribution in [1.29, 1.82) is 0 Å². The van der Waals surface area contributed by atoms with Gasteiger partial charge in [-0.3, -0.25) is 9.59 Å². The summed E-state index contributed by atoms with van der Waals surface area (Å²) in [6.45, 7) is 3.52. The van der Waals surface area contributed by atoms with Gasteiger partial charge in [-0.1, -0.05) is 11.6 Å². The molecule has 1 heterocycles. The molecule has 1 aliphatic rings. The number of halogens is 1. The van der Waals surface area contributed by atoms with Crippen molar-refractivity contribution in [1.82, 2.24) is 4.90 Å². The van der Waals surface area contributed by atoms with E-state index < -0.39 is 6.10 Å². The summed E-state index contributed by atoms with van der Waals surface area (Å²) in [4.78, 5) is 25.9. The average Bonchev–Trinajstić information content (AvgIpc) is 2.49. The Balaban J connectivity index is 2.01. The van der Waals surface area contributed by atoms with Crippen molar-refractivity contribution in [3.63, 3.8) is 0 Å². The molecule has 1 aromatic carbocycles. The Hall–Kier alpha value is -1.79. The number of likely N-dealkylation sites (N-methyl/N-ethyl adjacent to an activating group) is 1. The molecule has 0 radical (unpaired) electrons. The smallest absolute Gasteiger partial charge is 0.252 e. The van der Waals surface area contributed by atoms with E-state index >= 15 is 0 Å². The zero-order valence-corrected chi connectivity index (χ0v) is 13.4. The standard InChI is InChI=1S/C15H19ClN2O4/c1-3-18-6-7-22-13(15(18)20)9-14(19)17-11-8-10(16)4-5-12(11)21-2/h4-5,8,13H,3,6-7,9H2,1-2H3,(H,17,19)/t13-/m1/s1. The van der Waals surface area contributed by atoms with Crippen molar-refractivity contribution in [2.24, 2.45) is 0 Å². The van der Waals surface area contributed by atoms with Crippen LogP contribution in [0.15, 0.2) is 18.2 Å². The van der Waals surface area contributed by atoms with Crippen molar-refractivity contribution >= 4 is 29.1 Å². The van der Waals surface area contributed by atoms with Crippen LogP contribution in [0.25, 0.3) is 0 Å². The minimum atomic E-state index is -0.737. The van der Waals surface area contributed by atoms with E-state index in [0.29, 0.717) is 36.2 Å². The van der Waals surface area contributed by atoms with Crippen LogP contribution in [0.3, 0.4) is 0 Å². The van der Waals surface area contributed by atoms with Crippen molar-refractivity contribution in [2.75, 3.05) is 32.1 Å². The molecule has 0 aliphatic carbocycles. The number of nitrogens with one attached hydrogen (secondary N) is 1. The quantitative estimate of drug-likeness (QED) is 0.897. The molecule has 6 nitrogen and oxygen atoms in total. The second kappa shape index (κ2) is 7.47. The summed E-state index contributed by atoms with van der Waals surface area (Å²) in [6.07, 6.45) is -0.774. The third kappa shape index (κ3) is 3.90. The number of carbonyl (C=O) groups is 2. The van der Waals surface area contributed by atoms with Crippen molar-refractivity contribution < 1.29 is 19.1 Å². The summed E-state index contributed by atoms with van der Waals surface area (Å²) in [5.74, 6) is 0.0302. The molecule has 1 aromatic rings. The zero-order valence-electron chi connectivity index (χ0n) is 12.6. The molecular formula is C15H19ClN2O4. The number of rotatable bonds is 5. The largest absolute Gasteiger partial charge is 0.495 e. The summed E-state index contributed by atoms with van der Waals surface area (Å²) in [6, 6.07) is 4.93. The summed E-state index contributed by atoms with van der Waals surface area (Å²) in [7, 11) is 1.51. The van der Waals surface area contributed by atoms with E-state index in [-0.39, 0.29) is 18.2 Å². The Bertz CT molecular complexity index is 564. The summed E-state index contributed by atoms with van der Waals surface area (Å²) in [5, 5.41) is 3.19. The van der Waals surface area contributed by atoms with Gasteiger partial charge in [0.05, 0.1) is 25.8 Å². The lowest BCUT2D eigenvalue weighted by Crippen LogP contribution is -2.48. The van der Waals surface area contributed by atoms with E-state index in [1.165, 1.54) is 7.11 Å². The molecule has 22 heavy (non-hydrogen) atoms. The third-order valence-corrected chi connectivity index (χ3v) is 3.69. The van der Waals surface area contributed by atoms with E-state index in [1.54, 1.807) is 23.1 Å². The Morgan fingerprint density at radius 2 is 2.32 bits per heavy atom. The molecule has 1 saturated heterocycles. The maximum Gasteiger partial charge on any atom is 0.252 e. The Kier molecular flexibility index (Phi) is 5.63. The van der Waals surface area contributed by atoms with Crippen LogP contribution in [0.5, 0.6) is 5.75 Å². The second-order valence-electron chi connectivity index (χ2n) is 4.87. The van der Waals surface area contributed by atoms with Gasteiger partial charge in [-0.15, -0.1) is 0 Å². The molecule has 0 unspecified atom stereocenters. The van der Waals surface area contributed by atoms with Gasteiger partial charge in [0.15, 0.2) is 0 Å². The SMILES string of the molecule is CCN1CCO[C@H](CC(=O)Nc2cc(Cl)ccc2OC)C1=O. The highest BCUT2D eigenvalue weighted by Crippen LogP contribution is 2.28. The van der Waals surface area contributed by atoms with Gasteiger partial charge in [-0.05, 0) is 25.1 Å². The average molecular weight is 327 g/mol. The van der Waals surface area contributed by atoms with Crippen LogP contribution in [0.2, 0.25) is 5.02 Å². The first kappa shape index (κ1) is 16.6. The van der Waals surface area contributed by atoms with Crippen LogP contribution in [-0.4, -0.2) is 49.6 Å². The highest BCUT2D eigenvalue weighted by atomic mass is 35.5. The van der Waals surface area contributed by atoms with Gasteiger partial charge in [0.2, 0.25) is 5.91 Å². The maximum absolute atomic E-state index is 12.1. The lowest BCUT2D eigenvalue weighted by molar-refractivity contribution is -0.154. The van der Waals surface area contributed by atoms with E-state index in [4.69, 9.17) is 21.1 Å². The Labute approximate surface area is 134 Å². The summed E-state index contributed by atoms with van der Waals surface area (Å²) >= 11 is 5.92. The molecule has 1 fully saturated rings. The summed E-state index contributed by atoms with van der Waals surface area (Å²) < 4.78 is 10.6. The molecule has 120 valence electrons. The summed E-state index contributed by atoms with van der Waals surface area (Å²) in [5.41, 5.74) is 0.468. The van der Waals surface area contributed by atoms with Crippen LogP contribution in [-0.2, 0) is 14.3 Å². The number of carbonyl (C=O) groups excluding carboxylic acids is 2. The van der Waals surface area contributed by atoms with E-state index in [9.17, 15) is 9.59 Å². The highest BCUT2D eigenvalue weighted by Gasteiger charge is 2.30. The van der Waals surface area contributed by atoms with Gasteiger partial charge in [0.1, 0.15) is 11.9 Å². The Morgan fingerprint density at radius 1 is 1.55 bits per heavy atom. The van der Waals surface area contributed by atoms with Crippen molar-refractivity contribution in [3.8, 4) is 5.75 Å². The molecule has 2 amide bonds. The molecule has 0 saturated carbocycles. The fraction of sp³-hybridized carbons (Fsp3) is 0.467. The third-order valence-electron chi connectivity index (χ3n) is 3.46. The van der Waals surface area contributed by atoms with Gasteiger partial charge in [0.25, 0.3) is 5.91 Å². The highest BCUT2D eigenvalue weighted by molar-refractivity contribution is 6.31. The van der Waals surface area contributed by atoms with Gasteiger partial charge in [-0.25, -0.2) is 0 Å². The lowest BCUT2D eigenvalue weighted by atomic mass is 10.1. The monoisotopic (exact) mass is 326 g/mol. The van der Waals surface area contributed by atoms with Crippen molar-refractivity contribution in [3.05, 3.63) is 23.2 Å². The molecule has 1 aliphatic heterocycles. The molecule has 0 spiro atoms. The van der Waals surface area contributed by atoms with E-state index in [0.717, 1.165) is 0 Å². The molecule has 1 atom stereocenters. The predicted molar refractivity (Wildman–Crippen MR) is 83.2 cm³/mol. The molecule has 7 heteroatoms. The fourth-order valence-electron chi connectivity index (χ4n) is 2.30.